The Bertz CT molecular complexity index is 480. The van der Waals surface area contributed by atoms with Gasteiger partial charge in [0, 0.05) is 18.1 Å². The summed E-state index contributed by atoms with van der Waals surface area (Å²) in [6.45, 7) is 0. The molecule has 0 fully saturated rings. The van der Waals surface area contributed by atoms with E-state index in [4.69, 9.17) is 5.26 Å². The van der Waals surface area contributed by atoms with Crippen molar-refractivity contribution >= 4 is 5.69 Å². The largest absolute Gasteiger partial charge is 0.270 e. The summed E-state index contributed by atoms with van der Waals surface area (Å²) in [5.41, 5.74) is -0.408. The van der Waals surface area contributed by atoms with Crippen LogP contribution in [0.15, 0.2) is 18.2 Å². The fraction of sp³-hybridized carbons (Fsp3) is 0. The minimum absolute atomic E-state index is 0.152. The molecule has 0 aliphatic rings. The fourth-order valence-corrected chi connectivity index (χ4v) is 0.818. The molecule has 14 heavy (non-hydrogen) atoms. The number of nitrogens with zero attached hydrogens (tertiary/aromatic N) is 2. The van der Waals surface area contributed by atoms with Crippen LogP contribution in [0.1, 0.15) is 5.56 Å². The number of nitro groups is 1. The third-order valence-corrected chi connectivity index (χ3v) is 1.41. The summed E-state index contributed by atoms with van der Waals surface area (Å²) in [7, 11) is 0. The van der Waals surface area contributed by atoms with Crippen molar-refractivity contribution in [2.24, 2.45) is 0 Å². The van der Waals surface area contributed by atoms with Crippen LogP contribution >= 0.6 is 0 Å². The molecule has 1 rings (SSSR count). The summed E-state index contributed by atoms with van der Waals surface area (Å²) >= 11 is 0. The summed E-state index contributed by atoms with van der Waals surface area (Å²) in [4.78, 5) is 9.65. The summed E-state index contributed by atoms with van der Waals surface area (Å²) in [5.74, 6) is 3.45. The van der Waals surface area contributed by atoms with E-state index < -0.39 is 10.7 Å². The van der Waals surface area contributed by atoms with Crippen molar-refractivity contribution in [1.29, 1.82) is 5.26 Å². The van der Waals surface area contributed by atoms with Crippen molar-refractivity contribution in [1.82, 2.24) is 0 Å². The van der Waals surface area contributed by atoms with Gasteiger partial charge in [0.1, 0.15) is 5.82 Å². The standard InChI is InChI=1S/C9H3FN2O2/c10-9-4-3-8(12(13)14)6-7(9)2-1-5-11/h3-4,6H. The molecule has 68 valence electrons. The highest BCUT2D eigenvalue weighted by atomic mass is 19.1. The van der Waals surface area contributed by atoms with Gasteiger partial charge in [-0.25, -0.2) is 4.39 Å². The molecule has 0 spiro atoms. The minimum Gasteiger partial charge on any atom is -0.258 e. The predicted octanol–water partition coefficient (Wildman–Crippen LogP) is 1.61. The fourth-order valence-electron chi connectivity index (χ4n) is 0.818. The molecular weight excluding hydrogens is 187 g/mol. The van der Waals surface area contributed by atoms with E-state index in [9.17, 15) is 14.5 Å². The van der Waals surface area contributed by atoms with Crippen molar-refractivity contribution in [3.05, 3.63) is 39.7 Å². The molecule has 0 radical (unpaired) electrons. The van der Waals surface area contributed by atoms with Gasteiger partial charge >= 0.3 is 0 Å². The van der Waals surface area contributed by atoms with E-state index in [1.165, 1.54) is 6.07 Å². The van der Waals surface area contributed by atoms with Gasteiger partial charge in [-0.05, 0) is 12.0 Å². The van der Waals surface area contributed by atoms with Gasteiger partial charge in [-0.1, -0.05) is 0 Å². The van der Waals surface area contributed by atoms with Crippen molar-refractivity contribution in [2.75, 3.05) is 0 Å². The highest BCUT2D eigenvalue weighted by Crippen LogP contribution is 2.15. The molecule has 4 nitrogen and oxygen atoms in total. The minimum atomic E-state index is -0.682. The van der Waals surface area contributed by atoms with Crippen LogP contribution < -0.4 is 0 Å². The second-order valence-electron chi connectivity index (χ2n) is 2.28. The van der Waals surface area contributed by atoms with Gasteiger partial charge in [-0.3, -0.25) is 10.1 Å². The Labute approximate surface area is 78.7 Å². The van der Waals surface area contributed by atoms with Crippen LogP contribution in [0.5, 0.6) is 0 Å². The lowest BCUT2D eigenvalue weighted by Gasteiger charge is -1.93. The van der Waals surface area contributed by atoms with Crippen molar-refractivity contribution in [3.63, 3.8) is 0 Å². The summed E-state index contributed by atoms with van der Waals surface area (Å²) in [6, 6.07) is 4.46. The van der Waals surface area contributed by atoms with Crippen LogP contribution in [0.4, 0.5) is 10.1 Å². The molecule has 1 aromatic carbocycles. The van der Waals surface area contributed by atoms with E-state index in [1.807, 2.05) is 5.92 Å². The molecule has 0 N–H and O–H groups in total. The van der Waals surface area contributed by atoms with E-state index in [-0.39, 0.29) is 11.3 Å². The summed E-state index contributed by atoms with van der Waals surface area (Å²) in [6.07, 6.45) is 0. The van der Waals surface area contributed by atoms with Crippen LogP contribution in [0.25, 0.3) is 0 Å². The molecule has 0 bridgehead atoms. The zero-order valence-corrected chi connectivity index (χ0v) is 6.82. The second kappa shape index (κ2) is 4.01. The Morgan fingerprint density at radius 3 is 2.79 bits per heavy atom. The first-order valence-electron chi connectivity index (χ1n) is 3.49. The van der Waals surface area contributed by atoms with E-state index >= 15 is 0 Å². The molecule has 0 unspecified atom stereocenters. The second-order valence-corrected chi connectivity index (χ2v) is 2.28. The Morgan fingerprint density at radius 2 is 2.21 bits per heavy atom. The van der Waals surface area contributed by atoms with Crippen LogP contribution in [0.2, 0.25) is 0 Å². The van der Waals surface area contributed by atoms with Gasteiger partial charge in [0.25, 0.3) is 5.69 Å². The van der Waals surface area contributed by atoms with Crippen LogP contribution in [0, 0.1) is 39.1 Å². The maximum absolute atomic E-state index is 12.9. The molecule has 0 atom stereocenters. The lowest BCUT2D eigenvalue weighted by Crippen LogP contribution is -1.90. The molecule has 0 aromatic heterocycles. The zero-order chi connectivity index (χ0) is 10.6. The Kier molecular flexibility index (Phi) is 2.78. The van der Waals surface area contributed by atoms with Crippen molar-refractivity contribution in [2.45, 2.75) is 0 Å². The first kappa shape index (κ1) is 9.69. The zero-order valence-electron chi connectivity index (χ0n) is 6.82. The number of benzene rings is 1. The lowest BCUT2D eigenvalue weighted by molar-refractivity contribution is -0.384. The lowest BCUT2D eigenvalue weighted by atomic mass is 10.2. The smallest absolute Gasteiger partial charge is 0.258 e. The van der Waals surface area contributed by atoms with Crippen LogP contribution in [-0.2, 0) is 0 Å². The molecule has 5 heteroatoms. The van der Waals surface area contributed by atoms with Gasteiger partial charge in [-0.2, -0.15) is 5.26 Å². The van der Waals surface area contributed by atoms with Gasteiger partial charge in [-0.15, -0.1) is 0 Å². The summed E-state index contributed by atoms with van der Waals surface area (Å²) in [5, 5.41) is 18.4. The molecule has 0 saturated carbocycles. The number of non-ortho nitro benzene ring substituents is 1. The van der Waals surface area contributed by atoms with E-state index in [1.54, 1.807) is 0 Å². The molecular formula is C9H3FN2O2. The molecule has 0 amide bonds. The number of halogens is 1. The predicted molar refractivity (Wildman–Crippen MR) is 45.5 cm³/mol. The number of nitro benzene ring substituents is 1. The number of hydrogen-bond donors (Lipinski definition) is 0. The summed E-state index contributed by atoms with van der Waals surface area (Å²) < 4.78 is 12.9. The Balaban J connectivity index is 3.23. The van der Waals surface area contributed by atoms with Gasteiger partial charge < -0.3 is 0 Å². The van der Waals surface area contributed by atoms with Crippen molar-refractivity contribution in [3.8, 4) is 17.9 Å². The quantitative estimate of drug-likeness (QED) is 0.383. The molecule has 0 saturated heterocycles. The van der Waals surface area contributed by atoms with E-state index in [0.717, 1.165) is 18.2 Å². The van der Waals surface area contributed by atoms with Crippen LogP contribution in [-0.4, -0.2) is 4.92 Å². The number of rotatable bonds is 1. The Morgan fingerprint density at radius 1 is 1.50 bits per heavy atom. The first-order valence-corrected chi connectivity index (χ1v) is 3.49. The topological polar surface area (TPSA) is 66.9 Å². The maximum Gasteiger partial charge on any atom is 0.270 e. The highest BCUT2D eigenvalue weighted by Gasteiger charge is 2.08. The number of hydrogen-bond acceptors (Lipinski definition) is 3. The molecule has 0 heterocycles. The number of nitriles is 1. The third-order valence-electron chi connectivity index (χ3n) is 1.41. The third kappa shape index (κ3) is 2.05. The SMILES string of the molecule is N#CC#Cc1cc([N+](=O)[O-])ccc1F. The average molecular weight is 190 g/mol. The average Bonchev–Trinajstić information content (AvgIpc) is 2.16. The van der Waals surface area contributed by atoms with Gasteiger partial charge in [0.2, 0.25) is 0 Å². The normalized spacial score (nSPS) is 8.29. The van der Waals surface area contributed by atoms with Crippen LogP contribution in [0.3, 0.4) is 0 Å². The van der Waals surface area contributed by atoms with Crippen molar-refractivity contribution < 1.29 is 9.31 Å². The molecule has 1 aromatic rings. The monoisotopic (exact) mass is 190 g/mol. The first-order chi connectivity index (χ1) is 6.65. The molecule has 0 aliphatic carbocycles. The Hall–Kier alpha value is -2.40. The van der Waals surface area contributed by atoms with Gasteiger partial charge in [0.15, 0.2) is 6.07 Å². The van der Waals surface area contributed by atoms with Gasteiger partial charge in [0.05, 0.1) is 10.5 Å². The van der Waals surface area contributed by atoms with E-state index in [0.29, 0.717) is 0 Å². The molecule has 0 aliphatic heterocycles. The highest BCUT2D eigenvalue weighted by molar-refractivity contribution is 5.45. The maximum atomic E-state index is 12.9. The van der Waals surface area contributed by atoms with E-state index in [2.05, 4.69) is 5.92 Å².